The number of carbonyl (C=O) groups excluding carboxylic acids is 4. The number of aliphatic hydroxyl groups excluding tert-OH is 1. The zero-order chi connectivity index (χ0) is 66.3. The molecule has 0 bridgehead atoms. The van der Waals surface area contributed by atoms with E-state index in [-0.39, 0.29) is 25.7 Å². The number of hydrogen-bond acceptors (Lipinski definition) is 15. The van der Waals surface area contributed by atoms with Crippen molar-refractivity contribution in [3.05, 3.63) is 0 Å². The summed E-state index contributed by atoms with van der Waals surface area (Å²) in [4.78, 5) is 72.4. The summed E-state index contributed by atoms with van der Waals surface area (Å²) >= 11 is 0. The summed E-state index contributed by atoms with van der Waals surface area (Å²) in [6.07, 6.45) is 51.6. The molecule has 0 saturated heterocycles. The molecule has 0 spiro atoms. The Morgan fingerprint density at radius 2 is 0.533 bits per heavy atom. The molecule has 0 aliphatic heterocycles. The Morgan fingerprint density at radius 1 is 0.311 bits per heavy atom. The molecular weight excluding hydrogens is 1190 g/mol. The first-order valence-electron chi connectivity index (χ1n) is 37.2. The molecule has 0 fully saturated rings. The van der Waals surface area contributed by atoms with E-state index < -0.39 is 97.5 Å². The van der Waals surface area contributed by atoms with Crippen LogP contribution in [0.4, 0.5) is 0 Å². The molecule has 3 N–H and O–H groups in total. The molecule has 0 saturated carbocycles. The first-order valence-corrected chi connectivity index (χ1v) is 40.2. The second kappa shape index (κ2) is 64.4. The summed E-state index contributed by atoms with van der Waals surface area (Å²) in [5.41, 5.74) is 0. The SMILES string of the molecule is CCCCCCCCCCCCCCCCCCCCCCCCC(=O)O[C@H](COC(=O)CCCCCCCCC(C)CC)COP(=O)(O)OC[C@@H](O)COP(=O)(O)OC[C@@H](COC(=O)CCCCCCCCCCC)OC(=O)CCCCCCCCCCC. The first kappa shape index (κ1) is 88.1. The van der Waals surface area contributed by atoms with Gasteiger partial charge in [0.1, 0.15) is 19.3 Å². The van der Waals surface area contributed by atoms with Crippen LogP contribution in [0.3, 0.4) is 0 Å². The molecule has 0 aliphatic rings. The Bertz CT molecular complexity index is 1740. The number of unbranched alkanes of at least 4 members (excludes halogenated alkanes) is 42. The zero-order valence-corrected chi connectivity index (χ0v) is 60.1. The quantitative estimate of drug-likeness (QED) is 0.0222. The van der Waals surface area contributed by atoms with E-state index in [9.17, 15) is 43.2 Å². The van der Waals surface area contributed by atoms with Gasteiger partial charge >= 0.3 is 39.5 Å². The highest BCUT2D eigenvalue weighted by molar-refractivity contribution is 7.47. The lowest BCUT2D eigenvalue weighted by Gasteiger charge is -2.21. The number of rotatable bonds is 71. The van der Waals surface area contributed by atoms with Crippen molar-refractivity contribution in [3.63, 3.8) is 0 Å². The minimum atomic E-state index is -4.95. The molecule has 0 rings (SSSR count). The molecule has 0 heterocycles. The normalized spacial score (nSPS) is 14.4. The second-order valence-corrected chi connectivity index (χ2v) is 28.8. The number of ether oxygens (including phenoxy) is 4. The van der Waals surface area contributed by atoms with E-state index in [0.29, 0.717) is 25.7 Å². The lowest BCUT2D eigenvalue weighted by molar-refractivity contribution is -0.161. The van der Waals surface area contributed by atoms with Gasteiger partial charge in [0.15, 0.2) is 12.2 Å². The van der Waals surface area contributed by atoms with Gasteiger partial charge in [-0.05, 0) is 31.6 Å². The molecule has 19 heteroatoms. The molecule has 0 aliphatic carbocycles. The average Bonchev–Trinajstić information content (AvgIpc) is 3.18. The average molecular weight is 1330 g/mol. The van der Waals surface area contributed by atoms with Crippen LogP contribution < -0.4 is 0 Å². The van der Waals surface area contributed by atoms with Crippen LogP contribution in [0.5, 0.6) is 0 Å². The monoisotopic (exact) mass is 1320 g/mol. The van der Waals surface area contributed by atoms with Crippen LogP contribution in [0.1, 0.15) is 369 Å². The van der Waals surface area contributed by atoms with Crippen LogP contribution in [-0.2, 0) is 65.4 Å². The summed E-state index contributed by atoms with van der Waals surface area (Å²) in [5, 5.41) is 10.6. The van der Waals surface area contributed by atoms with Gasteiger partial charge in [-0.15, -0.1) is 0 Å². The van der Waals surface area contributed by atoms with Crippen molar-refractivity contribution in [1.82, 2.24) is 0 Å². The number of phosphoric ester groups is 2. The van der Waals surface area contributed by atoms with Crippen molar-refractivity contribution in [1.29, 1.82) is 0 Å². The van der Waals surface area contributed by atoms with Crippen LogP contribution in [0.2, 0.25) is 0 Å². The van der Waals surface area contributed by atoms with Crippen molar-refractivity contribution in [3.8, 4) is 0 Å². The zero-order valence-electron chi connectivity index (χ0n) is 58.3. The van der Waals surface area contributed by atoms with Crippen molar-refractivity contribution in [2.75, 3.05) is 39.6 Å². The highest BCUT2D eigenvalue weighted by Gasteiger charge is 2.30. The van der Waals surface area contributed by atoms with Gasteiger partial charge in [-0.2, -0.15) is 0 Å². The third kappa shape index (κ3) is 63.5. The van der Waals surface area contributed by atoms with Crippen LogP contribution in [0.15, 0.2) is 0 Å². The van der Waals surface area contributed by atoms with E-state index in [0.717, 1.165) is 102 Å². The van der Waals surface area contributed by atoms with E-state index in [1.165, 1.54) is 186 Å². The van der Waals surface area contributed by atoms with Crippen molar-refractivity contribution in [2.24, 2.45) is 5.92 Å². The third-order valence-corrected chi connectivity index (χ3v) is 18.8. The van der Waals surface area contributed by atoms with Gasteiger partial charge in [-0.25, -0.2) is 9.13 Å². The van der Waals surface area contributed by atoms with Crippen LogP contribution in [0.25, 0.3) is 0 Å². The molecule has 534 valence electrons. The summed E-state index contributed by atoms with van der Waals surface area (Å²) < 4.78 is 68.2. The molecular formula is C71H138O17P2. The molecule has 0 aromatic rings. The maximum atomic E-state index is 13.0. The van der Waals surface area contributed by atoms with Gasteiger partial charge in [-0.1, -0.05) is 317 Å². The fourth-order valence-electron chi connectivity index (χ4n) is 10.8. The fourth-order valence-corrected chi connectivity index (χ4v) is 12.4. The predicted octanol–water partition coefficient (Wildman–Crippen LogP) is 20.5. The van der Waals surface area contributed by atoms with E-state index in [1.54, 1.807) is 0 Å². The van der Waals surface area contributed by atoms with Gasteiger partial charge in [0.25, 0.3) is 0 Å². The molecule has 6 atom stereocenters. The summed E-state index contributed by atoms with van der Waals surface area (Å²) in [5.74, 6) is -1.40. The summed E-state index contributed by atoms with van der Waals surface area (Å²) in [6.45, 7) is 7.17. The number of esters is 4. The van der Waals surface area contributed by atoms with E-state index >= 15 is 0 Å². The van der Waals surface area contributed by atoms with Gasteiger partial charge in [0.05, 0.1) is 26.4 Å². The smallest absolute Gasteiger partial charge is 0.462 e. The van der Waals surface area contributed by atoms with Gasteiger partial charge in [-0.3, -0.25) is 37.3 Å². The third-order valence-electron chi connectivity index (χ3n) is 16.9. The Balaban J connectivity index is 5.11. The fraction of sp³-hybridized carbons (Fsp3) is 0.944. The molecule has 0 amide bonds. The maximum absolute atomic E-state index is 13.0. The summed E-state index contributed by atoms with van der Waals surface area (Å²) in [7, 11) is -9.89. The number of carbonyl (C=O) groups is 4. The van der Waals surface area contributed by atoms with Gasteiger partial charge < -0.3 is 33.8 Å². The van der Waals surface area contributed by atoms with E-state index in [2.05, 4.69) is 34.6 Å². The summed E-state index contributed by atoms with van der Waals surface area (Å²) in [6, 6.07) is 0. The minimum Gasteiger partial charge on any atom is -0.462 e. The van der Waals surface area contributed by atoms with Crippen LogP contribution >= 0.6 is 15.6 Å². The topological polar surface area (TPSA) is 237 Å². The lowest BCUT2D eigenvalue weighted by Crippen LogP contribution is -2.30. The first-order chi connectivity index (χ1) is 43.6. The number of hydrogen-bond donors (Lipinski definition) is 3. The van der Waals surface area contributed by atoms with Crippen molar-refractivity contribution < 1.29 is 80.2 Å². The van der Waals surface area contributed by atoms with Crippen LogP contribution in [-0.4, -0.2) is 96.7 Å². The highest BCUT2D eigenvalue weighted by Crippen LogP contribution is 2.45. The molecule has 0 radical (unpaired) electrons. The lowest BCUT2D eigenvalue weighted by atomic mass is 10.00. The van der Waals surface area contributed by atoms with E-state index in [1.807, 2.05) is 0 Å². The number of aliphatic hydroxyl groups is 1. The van der Waals surface area contributed by atoms with Gasteiger partial charge in [0.2, 0.25) is 0 Å². The Labute approximate surface area is 549 Å². The number of phosphoric acid groups is 2. The molecule has 17 nitrogen and oxygen atoms in total. The predicted molar refractivity (Wildman–Crippen MR) is 363 cm³/mol. The highest BCUT2D eigenvalue weighted by atomic mass is 31.2. The molecule has 0 aromatic carbocycles. The Kier molecular flexibility index (Phi) is 63.0. The largest absolute Gasteiger partial charge is 0.472 e. The van der Waals surface area contributed by atoms with Crippen molar-refractivity contribution >= 4 is 39.5 Å². The molecule has 3 unspecified atom stereocenters. The van der Waals surface area contributed by atoms with Gasteiger partial charge in [0, 0.05) is 25.7 Å². The standard InChI is InChI=1S/C71H138O17P2/c1-6-10-13-16-19-22-23-24-25-26-27-28-29-30-31-32-33-34-37-40-47-52-57-71(76)88-67(61-82-69(74)55-50-45-42-41-43-48-53-64(5)9-4)63-86-90(79,80)84-59-65(72)58-83-89(77,78)85-62-66(87-70(75)56-51-46-39-36-21-18-15-12-8-3)60-81-68(73)54-49-44-38-35-20-17-14-11-7-2/h64-67,72H,6-63H2,1-5H3,(H,77,78)(H,79,80)/t64?,65-,66+,67+/m0/s1. The molecule has 0 aromatic heterocycles. The van der Waals surface area contributed by atoms with E-state index in [4.69, 9.17) is 37.0 Å². The Hall–Kier alpha value is -1.94. The van der Waals surface area contributed by atoms with Crippen molar-refractivity contribution in [2.45, 2.75) is 387 Å². The second-order valence-electron chi connectivity index (χ2n) is 25.9. The minimum absolute atomic E-state index is 0.106. The van der Waals surface area contributed by atoms with Crippen LogP contribution in [0, 0.1) is 5.92 Å². The maximum Gasteiger partial charge on any atom is 0.472 e. The Morgan fingerprint density at radius 3 is 0.789 bits per heavy atom. The molecule has 90 heavy (non-hydrogen) atoms.